The fraction of sp³-hybridized carbons (Fsp3) is 0.769. The van der Waals surface area contributed by atoms with Gasteiger partial charge in [-0.15, -0.1) is 0 Å². The molecule has 0 spiro atoms. The van der Waals surface area contributed by atoms with E-state index >= 15 is 0 Å². The van der Waals surface area contributed by atoms with Crippen LogP contribution in [0.3, 0.4) is 0 Å². The van der Waals surface area contributed by atoms with Gasteiger partial charge in [0, 0.05) is 32.6 Å². The molecule has 1 N–H and O–H groups in total. The van der Waals surface area contributed by atoms with E-state index in [9.17, 15) is 14.4 Å². The Morgan fingerprint density at radius 2 is 2.11 bits per heavy atom. The predicted octanol–water partition coefficient (Wildman–Crippen LogP) is 0.176. The first-order valence-corrected chi connectivity index (χ1v) is 6.67. The van der Waals surface area contributed by atoms with E-state index in [1.54, 1.807) is 23.8 Å². The topological polar surface area (TPSA) is 77.9 Å². The summed E-state index contributed by atoms with van der Waals surface area (Å²) in [6.07, 6.45) is 2.13. The van der Waals surface area contributed by atoms with Crippen LogP contribution in [-0.2, 0) is 14.4 Å². The lowest BCUT2D eigenvalue weighted by Crippen LogP contribution is -2.42. The fourth-order valence-corrected chi connectivity index (χ4v) is 2.44. The smallest absolute Gasteiger partial charge is 0.308 e. The van der Waals surface area contributed by atoms with Crippen molar-refractivity contribution < 1.29 is 19.5 Å². The minimum atomic E-state index is -0.891. The molecule has 1 saturated heterocycles. The fourth-order valence-electron chi connectivity index (χ4n) is 2.44. The summed E-state index contributed by atoms with van der Waals surface area (Å²) in [5.74, 6) is -1.84. The third-order valence-corrected chi connectivity index (χ3v) is 3.85. The van der Waals surface area contributed by atoms with Gasteiger partial charge in [0.25, 0.3) is 0 Å². The maximum atomic E-state index is 12.4. The molecule has 2 atom stereocenters. The van der Waals surface area contributed by atoms with Crippen LogP contribution in [0.2, 0.25) is 0 Å². The highest BCUT2D eigenvalue weighted by Gasteiger charge is 2.40. The first-order chi connectivity index (χ1) is 8.90. The van der Waals surface area contributed by atoms with Crippen LogP contribution >= 0.6 is 0 Å². The van der Waals surface area contributed by atoms with Gasteiger partial charge in [0.1, 0.15) is 0 Å². The lowest BCUT2D eigenvalue weighted by molar-refractivity contribution is -0.144. The van der Waals surface area contributed by atoms with Crippen molar-refractivity contribution in [3.63, 3.8) is 0 Å². The Hall–Kier alpha value is -1.59. The van der Waals surface area contributed by atoms with Crippen LogP contribution in [0, 0.1) is 11.8 Å². The van der Waals surface area contributed by atoms with Gasteiger partial charge >= 0.3 is 5.97 Å². The van der Waals surface area contributed by atoms with E-state index in [0.29, 0.717) is 6.54 Å². The van der Waals surface area contributed by atoms with E-state index in [1.807, 2.05) is 0 Å². The predicted molar refractivity (Wildman–Crippen MR) is 67.3 cm³/mol. The van der Waals surface area contributed by atoms with Crippen LogP contribution in [-0.4, -0.2) is 58.9 Å². The standard InChI is InChI=1S/C13H20N2O4/c1-8(13(18)19)6-15(10-3-4-10)12(17)9-5-11(16)14(2)7-9/h8-10H,3-7H2,1-2H3,(H,18,19)/t8-,9+/m0/s1. The number of carbonyl (C=O) groups excluding carboxylic acids is 2. The Morgan fingerprint density at radius 1 is 1.47 bits per heavy atom. The summed E-state index contributed by atoms with van der Waals surface area (Å²) in [5, 5.41) is 8.96. The van der Waals surface area contributed by atoms with Crippen molar-refractivity contribution in [2.75, 3.05) is 20.1 Å². The number of hydrogen-bond acceptors (Lipinski definition) is 3. The summed E-state index contributed by atoms with van der Waals surface area (Å²) < 4.78 is 0. The van der Waals surface area contributed by atoms with Crippen LogP contribution in [0.5, 0.6) is 0 Å². The number of rotatable bonds is 5. The third-order valence-electron chi connectivity index (χ3n) is 3.85. The number of carboxylic acid groups (broad SMARTS) is 1. The number of carbonyl (C=O) groups is 3. The van der Waals surface area contributed by atoms with E-state index in [0.717, 1.165) is 12.8 Å². The minimum absolute atomic E-state index is 0.0135. The maximum absolute atomic E-state index is 12.4. The van der Waals surface area contributed by atoms with Crippen molar-refractivity contribution >= 4 is 17.8 Å². The molecule has 0 bridgehead atoms. The SMILES string of the molecule is C[C@@H](CN(C(=O)[C@@H]1CC(=O)N(C)C1)C1CC1)C(=O)O. The molecule has 19 heavy (non-hydrogen) atoms. The molecule has 6 nitrogen and oxygen atoms in total. The Kier molecular flexibility index (Phi) is 3.78. The van der Waals surface area contributed by atoms with E-state index in [4.69, 9.17) is 5.11 Å². The lowest BCUT2D eigenvalue weighted by atomic mass is 10.1. The molecular weight excluding hydrogens is 248 g/mol. The quantitative estimate of drug-likeness (QED) is 0.771. The molecule has 0 aromatic carbocycles. The number of likely N-dealkylation sites (tertiary alicyclic amines) is 1. The molecule has 1 aliphatic carbocycles. The zero-order chi connectivity index (χ0) is 14.2. The molecule has 106 valence electrons. The molecule has 0 unspecified atom stereocenters. The largest absolute Gasteiger partial charge is 0.481 e. The summed E-state index contributed by atoms with van der Waals surface area (Å²) in [6, 6.07) is 0.176. The van der Waals surface area contributed by atoms with E-state index in [2.05, 4.69) is 0 Å². The molecule has 2 rings (SSSR count). The number of hydrogen-bond donors (Lipinski definition) is 1. The molecule has 0 radical (unpaired) electrons. The molecule has 2 aliphatic rings. The van der Waals surface area contributed by atoms with E-state index < -0.39 is 11.9 Å². The second-order valence-corrected chi connectivity index (χ2v) is 5.64. The first-order valence-electron chi connectivity index (χ1n) is 6.67. The molecule has 0 aromatic rings. The van der Waals surface area contributed by atoms with Crippen LogP contribution in [0.25, 0.3) is 0 Å². The summed E-state index contributed by atoms with van der Waals surface area (Å²) in [5.41, 5.74) is 0. The second-order valence-electron chi connectivity index (χ2n) is 5.64. The summed E-state index contributed by atoms with van der Waals surface area (Å²) in [6.45, 7) is 2.30. The summed E-state index contributed by atoms with van der Waals surface area (Å²) in [7, 11) is 1.69. The zero-order valence-electron chi connectivity index (χ0n) is 11.3. The van der Waals surface area contributed by atoms with Crippen molar-refractivity contribution in [3.8, 4) is 0 Å². The van der Waals surface area contributed by atoms with E-state index in [-0.39, 0.29) is 36.7 Å². The van der Waals surface area contributed by atoms with Crippen molar-refractivity contribution in [1.29, 1.82) is 0 Å². The number of aliphatic carboxylic acids is 1. The lowest BCUT2D eigenvalue weighted by Gasteiger charge is -2.26. The average Bonchev–Trinajstić information content (AvgIpc) is 3.12. The Morgan fingerprint density at radius 3 is 2.53 bits per heavy atom. The molecule has 6 heteroatoms. The molecule has 2 fully saturated rings. The molecule has 2 amide bonds. The van der Waals surface area contributed by atoms with Gasteiger partial charge in [-0.3, -0.25) is 14.4 Å². The zero-order valence-corrected chi connectivity index (χ0v) is 11.3. The summed E-state index contributed by atoms with van der Waals surface area (Å²) in [4.78, 5) is 38.1. The van der Waals surface area contributed by atoms with Crippen LogP contribution in [0.4, 0.5) is 0 Å². The minimum Gasteiger partial charge on any atom is -0.481 e. The van der Waals surface area contributed by atoms with Gasteiger partial charge in [0.2, 0.25) is 11.8 Å². The molecule has 1 aliphatic heterocycles. The first kappa shape index (κ1) is 13.8. The van der Waals surface area contributed by atoms with Crippen molar-refractivity contribution in [2.45, 2.75) is 32.2 Å². The van der Waals surface area contributed by atoms with Crippen molar-refractivity contribution in [1.82, 2.24) is 9.80 Å². The molecule has 1 heterocycles. The Bertz CT molecular complexity index is 405. The average molecular weight is 268 g/mol. The van der Waals surface area contributed by atoms with Gasteiger partial charge in [-0.1, -0.05) is 6.92 Å². The number of carboxylic acids is 1. The maximum Gasteiger partial charge on any atom is 0.308 e. The second kappa shape index (κ2) is 5.19. The van der Waals surface area contributed by atoms with Crippen molar-refractivity contribution in [3.05, 3.63) is 0 Å². The Labute approximate surface area is 112 Å². The highest BCUT2D eigenvalue weighted by atomic mass is 16.4. The van der Waals surface area contributed by atoms with Gasteiger partial charge in [0.15, 0.2) is 0 Å². The molecular formula is C13H20N2O4. The third kappa shape index (κ3) is 3.05. The van der Waals surface area contributed by atoms with Gasteiger partial charge in [-0.25, -0.2) is 0 Å². The van der Waals surface area contributed by atoms with Gasteiger partial charge < -0.3 is 14.9 Å². The highest BCUT2D eigenvalue weighted by Crippen LogP contribution is 2.30. The van der Waals surface area contributed by atoms with Gasteiger partial charge in [-0.05, 0) is 12.8 Å². The summed E-state index contributed by atoms with van der Waals surface area (Å²) >= 11 is 0. The number of amides is 2. The molecule has 1 saturated carbocycles. The van der Waals surface area contributed by atoms with Crippen LogP contribution in [0.15, 0.2) is 0 Å². The van der Waals surface area contributed by atoms with Crippen molar-refractivity contribution in [2.24, 2.45) is 11.8 Å². The normalized spacial score (nSPS) is 24.4. The molecule has 0 aromatic heterocycles. The monoisotopic (exact) mass is 268 g/mol. The van der Waals surface area contributed by atoms with Gasteiger partial charge in [0.05, 0.1) is 11.8 Å². The van der Waals surface area contributed by atoms with Crippen LogP contribution < -0.4 is 0 Å². The van der Waals surface area contributed by atoms with Crippen LogP contribution in [0.1, 0.15) is 26.2 Å². The Balaban J connectivity index is 2.01. The number of nitrogens with zero attached hydrogens (tertiary/aromatic N) is 2. The van der Waals surface area contributed by atoms with E-state index in [1.165, 1.54) is 0 Å². The van der Waals surface area contributed by atoms with Gasteiger partial charge in [-0.2, -0.15) is 0 Å². The highest BCUT2D eigenvalue weighted by molar-refractivity contribution is 5.89.